The molecule has 1 aromatic heterocycles. The van der Waals surface area contributed by atoms with E-state index >= 15 is 0 Å². The first-order valence-corrected chi connectivity index (χ1v) is 9.81. The molecule has 1 aliphatic rings. The van der Waals surface area contributed by atoms with E-state index in [4.69, 9.17) is 0 Å². The van der Waals surface area contributed by atoms with Crippen LogP contribution in [0.3, 0.4) is 0 Å². The molecule has 4 rings (SSSR count). The van der Waals surface area contributed by atoms with Crippen LogP contribution in [0.5, 0.6) is 5.75 Å². The Bertz CT molecular complexity index is 951. The average Bonchev–Trinajstić information content (AvgIpc) is 2.75. The van der Waals surface area contributed by atoms with Crippen LogP contribution in [0.25, 0.3) is 10.8 Å². The topological polar surface area (TPSA) is 65.5 Å². The Hall–Kier alpha value is -2.92. The second kappa shape index (κ2) is 8.40. The monoisotopic (exact) mass is 375 g/mol. The lowest BCUT2D eigenvalue weighted by molar-refractivity contribution is 0.112. The van der Waals surface area contributed by atoms with Crippen LogP contribution in [0.4, 0.5) is 5.69 Å². The molecule has 2 heterocycles. The van der Waals surface area contributed by atoms with Crippen molar-refractivity contribution < 1.29 is 9.90 Å². The van der Waals surface area contributed by atoms with Crippen molar-refractivity contribution in [2.24, 2.45) is 5.92 Å². The minimum absolute atomic E-state index is 0.0364. The quantitative estimate of drug-likeness (QED) is 0.642. The molecular formula is C23H25N3O2. The highest BCUT2D eigenvalue weighted by Crippen LogP contribution is 2.30. The number of anilines is 1. The number of aromatic nitrogens is 1. The van der Waals surface area contributed by atoms with Crippen LogP contribution < -0.4 is 10.2 Å². The van der Waals surface area contributed by atoms with Crippen LogP contribution in [-0.4, -0.2) is 36.0 Å². The third-order valence-corrected chi connectivity index (χ3v) is 5.58. The van der Waals surface area contributed by atoms with E-state index in [-0.39, 0.29) is 5.75 Å². The van der Waals surface area contributed by atoms with Gasteiger partial charge in [0.15, 0.2) is 6.29 Å². The first-order chi connectivity index (χ1) is 13.7. The van der Waals surface area contributed by atoms with E-state index < -0.39 is 0 Å². The van der Waals surface area contributed by atoms with E-state index in [0.29, 0.717) is 11.5 Å². The van der Waals surface area contributed by atoms with Crippen molar-refractivity contribution in [1.29, 1.82) is 0 Å². The minimum Gasteiger partial charge on any atom is -0.507 e. The molecule has 1 aliphatic heterocycles. The first-order valence-electron chi connectivity index (χ1n) is 9.81. The molecule has 5 heteroatoms. The number of hydrogen-bond donors (Lipinski definition) is 2. The van der Waals surface area contributed by atoms with Crippen molar-refractivity contribution in [1.82, 2.24) is 10.3 Å². The van der Waals surface area contributed by atoms with Crippen molar-refractivity contribution in [2.45, 2.75) is 19.4 Å². The highest BCUT2D eigenvalue weighted by molar-refractivity contribution is 6.01. The maximum absolute atomic E-state index is 11.3. The maximum Gasteiger partial charge on any atom is 0.154 e. The van der Waals surface area contributed by atoms with Crippen LogP contribution >= 0.6 is 0 Å². The summed E-state index contributed by atoms with van der Waals surface area (Å²) in [5.74, 6) is 0.716. The summed E-state index contributed by atoms with van der Waals surface area (Å²) in [6.07, 6.45) is 4.87. The molecule has 0 atom stereocenters. The lowest BCUT2D eigenvalue weighted by Gasteiger charge is -2.34. The zero-order valence-corrected chi connectivity index (χ0v) is 15.8. The van der Waals surface area contributed by atoms with Crippen molar-refractivity contribution in [2.75, 3.05) is 24.5 Å². The van der Waals surface area contributed by atoms with Gasteiger partial charge in [0.2, 0.25) is 0 Å². The number of aldehydes is 1. The number of fused-ring (bicyclic) bond motifs is 1. The Morgan fingerprint density at radius 3 is 2.75 bits per heavy atom. The molecule has 1 fully saturated rings. The number of hydrogen-bond acceptors (Lipinski definition) is 5. The molecule has 1 saturated heterocycles. The van der Waals surface area contributed by atoms with E-state index in [0.717, 1.165) is 61.8 Å². The van der Waals surface area contributed by atoms with Crippen LogP contribution in [0, 0.1) is 5.92 Å². The number of carbonyl (C=O) groups excluding carboxylic acids is 1. The summed E-state index contributed by atoms with van der Waals surface area (Å²) in [5, 5.41) is 15.2. The summed E-state index contributed by atoms with van der Waals surface area (Å²) in [6, 6.07) is 15.6. The van der Waals surface area contributed by atoms with Gasteiger partial charge in [0.05, 0.1) is 11.3 Å². The summed E-state index contributed by atoms with van der Waals surface area (Å²) in [6.45, 7) is 3.89. The molecule has 0 bridgehead atoms. The molecule has 0 radical (unpaired) electrons. The molecule has 2 N–H and O–H groups in total. The summed E-state index contributed by atoms with van der Waals surface area (Å²) >= 11 is 0. The molecular weight excluding hydrogens is 350 g/mol. The van der Waals surface area contributed by atoms with Gasteiger partial charge in [-0.3, -0.25) is 9.78 Å². The van der Waals surface area contributed by atoms with Gasteiger partial charge in [-0.05, 0) is 66.4 Å². The number of phenolic OH excluding ortho intramolecular Hbond substituents is 1. The van der Waals surface area contributed by atoms with E-state index in [1.807, 2.05) is 36.5 Å². The van der Waals surface area contributed by atoms with Gasteiger partial charge >= 0.3 is 0 Å². The molecule has 2 aromatic carbocycles. The molecule has 0 unspecified atom stereocenters. The molecule has 0 saturated carbocycles. The van der Waals surface area contributed by atoms with Crippen molar-refractivity contribution in [3.63, 3.8) is 0 Å². The van der Waals surface area contributed by atoms with Gasteiger partial charge in [-0.25, -0.2) is 0 Å². The number of phenols is 1. The fraction of sp³-hybridized carbons (Fsp3) is 0.304. The zero-order chi connectivity index (χ0) is 19.3. The summed E-state index contributed by atoms with van der Waals surface area (Å²) in [4.78, 5) is 18.0. The summed E-state index contributed by atoms with van der Waals surface area (Å²) in [7, 11) is 0. The highest BCUT2D eigenvalue weighted by atomic mass is 16.3. The number of benzene rings is 2. The Balaban J connectivity index is 1.34. The number of nitrogens with one attached hydrogen (secondary N) is 1. The number of pyridine rings is 1. The van der Waals surface area contributed by atoms with Gasteiger partial charge in [0.25, 0.3) is 0 Å². The Morgan fingerprint density at radius 2 is 2.00 bits per heavy atom. The highest BCUT2D eigenvalue weighted by Gasteiger charge is 2.19. The van der Waals surface area contributed by atoms with Gasteiger partial charge < -0.3 is 15.3 Å². The largest absolute Gasteiger partial charge is 0.507 e. The van der Waals surface area contributed by atoms with Gasteiger partial charge in [-0.2, -0.15) is 0 Å². The fourth-order valence-corrected chi connectivity index (χ4v) is 3.95. The van der Waals surface area contributed by atoms with Gasteiger partial charge in [0, 0.05) is 31.5 Å². The number of piperidine rings is 1. The third-order valence-electron chi connectivity index (χ3n) is 5.58. The number of carbonyl (C=O) groups is 1. The van der Waals surface area contributed by atoms with Gasteiger partial charge in [0.1, 0.15) is 5.75 Å². The Kier molecular flexibility index (Phi) is 5.53. The fourth-order valence-electron chi connectivity index (χ4n) is 3.95. The van der Waals surface area contributed by atoms with Gasteiger partial charge in [-0.15, -0.1) is 0 Å². The van der Waals surface area contributed by atoms with E-state index in [1.54, 1.807) is 6.07 Å². The molecule has 144 valence electrons. The normalized spacial score (nSPS) is 15.1. The average molecular weight is 375 g/mol. The molecule has 28 heavy (non-hydrogen) atoms. The van der Waals surface area contributed by atoms with Crippen molar-refractivity contribution in [3.05, 3.63) is 66.0 Å². The van der Waals surface area contributed by atoms with Gasteiger partial charge in [-0.1, -0.05) is 18.2 Å². The SMILES string of the molecule is O=Cc1c(O)ccc2cc(N3CCC(CNCc4ccccn4)CC3)ccc12. The van der Waals surface area contributed by atoms with E-state index in [2.05, 4.69) is 27.3 Å². The number of nitrogens with zero attached hydrogens (tertiary/aromatic N) is 2. The van der Waals surface area contributed by atoms with Crippen LogP contribution in [-0.2, 0) is 6.54 Å². The zero-order valence-electron chi connectivity index (χ0n) is 15.8. The standard InChI is InChI=1S/C23H25N3O2/c27-16-22-21-6-5-20(13-18(21)4-7-23(22)28)26-11-8-17(9-12-26)14-24-15-19-3-1-2-10-25-19/h1-7,10,13,16-17,24,28H,8-9,11-12,14-15H2. The molecule has 5 nitrogen and oxygen atoms in total. The number of rotatable bonds is 6. The van der Waals surface area contributed by atoms with E-state index in [1.165, 1.54) is 5.69 Å². The molecule has 3 aromatic rings. The Labute approximate surface area is 165 Å². The summed E-state index contributed by atoms with van der Waals surface area (Å²) in [5.41, 5.74) is 2.62. The predicted octanol–water partition coefficient (Wildman–Crippen LogP) is 3.76. The van der Waals surface area contributed by atoms with Crippen LogP contribution in [0.15, 0.2) is 54.7 Å². The van der Waals surface area contributed by atoms with Crippen molar-refractivity contribution in [3.8, 4) is 5.75 Å². The van der Waals surface area contributed by atoms with Crippen molar-refractivity contribution >= 4 is 22.7 Å². The molecule has 0 aliphatic carbocycles. The minimum atomic E-state index is 0.0364. The first kappa shape index (κ1) is 18.4. The Morgan fingerprint density at radius 1 is 1.14 bits per heavy atom. The second-order valence-corrected chi connectivity index (χ2v) is 7.40. The van der Waals surface area contributed by atoms with E-state index in [9.17, 15) is 9.90 Å². The van der Waals surface area contributed by atoms with Crippen LogP contribution in [0.2, 0.25) is 0 Å². The van der Waals surface area contributed by atoms with Crippen LogP contribution in [0.1, 0.15) is 28.9 Å². The second-order valence-electron chi connectivity index (χ2n) is 7.40. The third kappa shape index (κ3) is 3.99. The smallest absolute Gasteiger partial charge is 0.154 e. The predicted molar refractivity (Wildman–Crippen MR) is 112 cm³/mol. The maximum atomic E-state index is 11.3. The number of aromatic hydroxyl groups is 1. The lowest BCUT2D eigenvalue weighted by atomic mass is 9.95. The molecule has 0 spiro atoms. The molecule has 0 amide bonds. The summed E-state index contributed by atoms with van der Waals surface area (Å²) < 4.78 is 0. The lowest BCUT2D eigenvalue weighted by Crippen LogP contribution is -2.37.